The van der Waals surface area contributed by atoms with E-state index < -0.39 is 0 Å². The Kier molecular flexibility index (Phi) is 1.88. The minimum absolute atomic E-state index is 0.775. The molecule has 0 unspecified atom stereocenters. The molecule has 2 heteroatoms. The largest absolute Gasteiger partial charge is 0.249 e. The second-order valence-electron chi connectivity index (χ2n) is 3.70. The number of thiazole rings is 1. The number of nitrogens with zero attached hydrogens (tertiary/aromatic N) is 1. The van der Waals surface area contributed by atoms with Crippen molar-refractivity contribution in [2.45, 2.75) is 18.8 Å². The molecule has 0 bridgehead atoms. The van der Waals surface area contributed by atoms with E-state index >= 15 is 0 Å². The van der Waals surface area contributed by atoms with Gasteiger partial charge in [0.1, 0.15) is 0 Å². The molecule has 0 spiro atoms. The number of hydrogen-bond acceptors (Lipinski definition) is 2. The first-order valence-corrected chi connectivity index (χ1v) is 5.76. The molecule has 1 heterocycles. The monoisotopic (exact) mass is 201 g/mol. The maximum atomic E-state index is 4.47. The molecule has 1 aliphatic carbocycles. The molecule has 0 saturated heterocycles. The Morgan fingerprint density at radius 1 is 1.14 bits per heavy atom. The van der Waals surface area contributed by atoms with Crippen LogP contribution >= 0.6 is 11.3 Å². The van der Waals surface area contributed by atoms with E-state index in [9.17, 15) is 0 Å². The normalized spacial score (nSPS) is 15.7. The van der Waals surface area contributed by atoms with Gasteiger partial charge in [0.05, 0.1) is 9.88 Å². The molecule has 1 aromatic carbocycles. The van der Waals surface area contributed by atoms with E-state index in [-0.39, 0.29) is 0 Å². The van der Waals surface area contributed by atoms with Gasteiger partial charge in [-0.2, -0.15) is 0 Å². The van der Waals surface area contributed by atoms with Crippen LogP contribution in [0.2, 0.25) is 0 Å². The fraction of sp³-hybridized carbons (Fsp3) is 0.250. The highest BCUT2D eigenvalue weighted by Gasteiger charge is 2.26. The van der Waals surface area contributed by atoms with Gasteiger partial charge in [0.2, 0.25) is 0 Å². The minimum Gasteiger partial charge on any atom is -0.249 e. The first-order chi connectivity index (χ1) is 6.93. The molecule has 1 aliphatic rings. The molecule has 14 heavy (non-hydrogen) atoms. The van der Waals surface area contributed by atoms with Crippen LogP contribution in [-0.4, -0.2) is 4.98 Å². The van der Waals surface area contributed by atoms with Crippen molar-refractivity contribution in [1.82, 2.24) is 4.98 Å². The Labute approximate surface area is 87.4 Å². The van der Waals surface area contributed by atoms with Crippen molar-refractivity contribution in [1.29, 1.82) is 0 Å². The van der Waals surface area contributed by atoms with Crippen molar-refractivity contribution in [3.8, 4) is 10.4 Å². The summed E-state index contributed by atoms with van der Waals surface area (Å²) in [4.78, 5) is 5.77. The summed E-state index contributed by atoms with van der Waals surface area (Å²) in [5, 5.41) is 1.32. The summed E-state index contributed by atoms with van der Waals surface area (Å²) >= 11 is 1.85. The predicted molar refractivity (Wildman–Crippen MR) is 59.5 cm³/mol. The Balaban J connectivity index is 1.96. The molecule has 3 rings (SSSR count). The zero-order chi connectivity index (χ0) is 9.38. The van der Waals surface area contributed by atoms with E-state index in [0.29, 0.717) is 0 Å². The third-order valence-electron chi connectivity index (χ3n) is 2.51. The quantitative estimate of drug-likeness (QED) is 0.722. The fourth-order valence-electron chi connectivity index (χ4n) is 1.54. The van der Waals surface area contributed by atoms with Crippen LogP contribution in [0.15, 0.2) is 36.5 Å². The van der Waals surface area contributed by atoms with Crippen molar-refractivity contribution in [2.75, 3.05) is 0 Å². The van der Waals surface area contributed by atoms with Crippen molar-refractivity contribution < 1.29 is 0 Å². The van der Waals surface area contributed by atoms with Crippen LogP contribution in [0.4, 0.5) is 0 Å². The summed E-state index contributed by atoms with van der Waals surface area (Å²) in [6, 6.07) is 10.5. The standard InChI is InChI=1S/C12H11NS/c1-2-4-9(5-3-1)11-8-13-12(14-11)10-6-7-10/h1-5,8,10H,6-7H2. The minimum atomic E-state index is 0.775. The van der Waals surface area contributed by atoms with Crippen molar-refractivity contribution in [3.63, 3.8) is 0 Å². The van der Waals surface area contributed by atoms with Gasteiger partial charge in [-0.05, 0) is 18.4 Å². The summed E-state index contributed by atoms with van der Waals surface area (Å²) in [7, 11) is 0. The molecule has 2 aromatic rings. The average molecular weight is 201 g/mol. The Morgan fingerprint density at radius 2 is 1.93 bits per heavy atom. The molecule has 1 aromatic heterocycles. The number of hydrogen-bond donors (Lipinski definition) is 0. The van der Waals surface area contributed by atoms with Gasteiger partial charge in [-0.25, -0.2) is 4.98 Å². The maximum Gasteiger partial charge on any atom is 0.0962 e. The van der Waals surface area contributed by atoms with Crippen molar-refractivity contribution in [2.24, 2.45) is 0 Å². The molecule has 0 aliphatic heterocycles. The lowest BCUT2D eigenvalue weighted by molar-refractivity contribution is 1.08. The van der Waals surface area contributed by atoms with Crippen LogP contribution in [0.5, 0.6) is 0 Å². The molecule has 70 valence electrons. The van der Waals surface area contributed by atoms with Gasteiger partial charge in [-0.15, -0.1) is 11.3 Å². The van der Waals surface area contributed by atoms with Crippen LogP contribution in [0, 0.1) is 0 Å². The summed E-state index contributed by atoms with van der Waals surface area (Å²) < 4.78 is 0. The van der Waals surface area contributed by atoms with Gasteiger partial charge in [0.25, 0.3) is 0 Å². The highest BCUT2D eigenvalue weighted by molar-refractivity contribution is 7.15. The van der Waals surface area contributed by atoms with Crippen LogP contribution in [0.1, 0.15) is 23.8 Å². The summed E-state index contributed by atoms with van der Waals surface area (Å²) in [5.41, 5.74) is 1.29. The summed E-state index contributed by atoms with van der Waals surface area (Å²) in [5.74, 6) is 0.775. The molecule has 0 amide bonds. The summed E-state index contributed by atoms with van der Waals surface area (Å²) in [6.07, 6.45) is 4.68. The lowest BCUT2D eigenvalue weighted by Gasteiger charge is -1.93. The first kappa shape index (κ1) is 8.18. The van der Waals surface area contributed by atoms with E-state index in [1.54, 1.807) is 0 Å². The highest BCUT2D eigenvalue weighted by atomic mass is 32.1. The second-order valence-corrected chi connectivity index (χ2v) is 4.77. The van der Waals surface area contributed by atoms with Gasteiger partial charge in [0, 0.05) is 12.1 Å². The Morgan fingerprint density at radius 3 is 2.64 bits per heavy atom. The number of rotatable bonds is 2. The number of benzene rings is 1. The van der Waals surface area contributed by atoms with E-state index in [2.05, 4.69) is 29.2 Å². The van der Waals surface area contributed by atoms with Gasteiger partial charge in [0.15, 0.2) is 0 Å². The number of aromatic nitrogens is 1. The zero-order valence-electron chi connectivity index (χ0n) is 7.81. The molecule has 0 N–H and O–H groups in total. The third kappa shape index (κ3) is 1.46. The van der Waals surface area contributed by atoms with Gasteiger partial charge >= 0.3 is 0 Å². The van der Waals surface area contributed by atoms with Gasteiger partial charge < -0.3 is 0 Å². The van der Waals surface area contributed by atoms with E-state index in [0.717, 1.165) is 5.92 Å². The van der Waals surface area contributed by atoms with E-state index in [1.807, 2.05) is 23.6 Å². The maximum absolute atomic E-state index is 4.47. The second kappa shape index (κ2) is 3.21. The van der Waals surface area contributed by atoms with Crippen molar-refractivity contribution in [3.05, 3.63) is 41.5 Å². The van der Waals surface area contributed by atoms with Crippen LogP contribution in [0.25, 0.3) is 10.4 Å². The molecule has 0 atom stereocenters. The average Bonchev–Trinajstić information content (AvgIpc) is 2.98. The van der Waals surface area contributed by atoms with Gasteiger partial charge in [-0.3, -0.25) is 0 Å². The molecule has 1 nitrogen and oxygen atoms in total. The topological polar surface area (TPSA) is 12.9 Å². The lowest BCUT2D eigenvalue weighted by atomic mass is 10.2. The van der Waals surface area contributed by atoms with E-state index in [1.165, 1.54) is 28.3 Å². The Bertz CT molecular complexity index is 429. The third-order valence-corrected chi connectivity index (χ3v) is 3.72. The highest BCUT2D eigenvalue weighted by Crippen LogP contribution is 2.43. The molecular formula is C12H11NS. The van der Waals surface area contributed by atoms with Crippen molar-refractivity contribution >= 4 is 11.3 Å². The van der Waals surface area contributed by atoms with Crippen LogP contribution in [0.3, 0.4) is 0 Å². The Hall–Kier alpha value is -1.15. The first-order valence-electron chi connectivity index (χ1n) is 4.94. The zero-order valence-corrected chi connectivity index (χ0v) is 8.63. The fourth-order valence-corrected chi connectivity index (χ4v) is 2.63. The molecule has 1 saturated carbocycles. The lowest BCUT2D eigenvalue weighted by Crippen LogP contribution is -1.70. The summed E-state index contributed by atoms with van der Waals surface area (Å²) in [6.45, 7) is 0. The molecule has 1 fully saturated rings. The van der Waals surface area contributed by atoms with Gasteiger partial charge in [-0.1, -0.05) is 30.3 Å². The van der Waals surface area contributed by atoms with E-state index in [4.69, 9.17) is 0 Å². The SMILES string of the molecule is c1ccc(-c2cnc(C3CC3)s2)cc1. The predicted octanol–water partition coefficient (Wildman–Crippen LogP) is 3.69. The van der Waals surface area contributed by atoms with Crippen LogP contribution in [-0.2, 0) is 0 Å². The molecular weight excluding hydrogens is 190 g/mol. The molecule has 0 radical (unpaired) electrons. The smallest absolute Gasteiger partial charge is 0.0962 e. The van der Waals surface area contributed by atoms with Crippen LogP contribution < -0.4 is 0 Å².